The first kappa shape index (κ1) is 14.2. The topological polar surface area (TPSA) is 37.3 Å². The number of carboxylic acid groups (broad SMARTS) is 1. The van der Waals surface area contributed by atoms with E-state index >= 15 is 0 Å². The van der Waals surface area contributed by atoms with Crippen molar-refractivity contribution < 1.29 is 14.3 Å². The third-order valence-corrected chi connectivity index (χ3v) is 3.78. The average Bonchev–Trinajstić information content (AvgIpc) is 2.30. The van der Waals surface area contributed by atoms with Gasteiger partial charge in [-0.05, 0) is 30.3 Å². The summed E-state index contributed by atoms with van der Waals surface area (Å²) in [6, 6.07) is 8.65. The van der Waals surface area contributed by atoms with Crippen LogP contribution >= 0.6 is 35.0 Å². The molecule has 0 fully saturated rings. The Kier molecular flexibility index (Phi) is 4.34. The van der Waals surface area contributed by atoms with Crippen molar-refractivity contribution in [1.29, 1.82) is 0 Å². The van der Waals surface area contributed by atoms with Crippen molar-refractivity contribution in [3.8, 4) is 0 Å². The Morgan fingerprint density at radius 1 is 1.16 bits per heavy atom. The fourth-order valence-corrected chi connectivity index (χ4v) is 3.18. The first-order valence-corrected chi connectivity index (χ1v) is 6.70. The summed E-state index contributed by atoms with van der Waals surface area (Å²) in [5.74, 6) is -1.78. The Labute approximate surface area is 123 Å². The van der Waals surface area contributed by atoms with Crippen molar-refractivity contribution in [3.05, 3.63) is 57.8 Å². The van der Waals surface area contributed by atoms with Gasteiger partial charge in [0.05, 0.1) is 10.5 Å². The molecular formula is C13H7Cl2FO2S. The Balaban J connectivity index is 2.45. The second-order valence-electron chi connectivity index (χ2n) is 3.63. The van der Waals surface area contributed by atoms with Crippen LogP contribution in [0.25, 0.3) is 0 Å². The number of hydrogen-bond donors (Lipinski definition) is 1. The molecule has 0 bridgehead atoms. The van der Waals surface area contributed by atoms with E-state index < -0.39 is 11.8 Å². The molecule has 0 amide bonds. The SMILES string of the molecule is O=C(O)c1cccc(F)c1Sc1cc(Cl)cc(Cl)c1. The third-order valence-electron chi connectivity index (χ3n) is 2.25. The maximum absolute atomic E-state index is 13.7. The molecule has 0 spiro atoms. The molecule has 19 heavy (non-hydrogen) atoms. The molecule has 0 atom stereocenters. The smallest absolute Gasteiger partial charge is 0.336 e. The standard InChI is InChI=1S/C13H7Cl2FO2S/c14-7-4-8(15)6-9(5-7)19-12-10(13(17)18)2-1-3-11(12)16/h1-6H,(H,17,18). The number of benzene rings is 2. The van der Waals surface area contributed by atoms with E-state index in [2.05, 4.69) is 0 Å². The van der Waals surface area contributed by atoms with Gasteiger partial charge in [0.15, 0.2) is 0 Å². The molecule has 0 saturated carbocycles. The highest BCUT2D eigenvalue weighted by atomic mass is 35.5. The zero-order valence-electron chi connectivity index (χ0n) is 9.36. The molecule has 1 N–H and O–H groups in total. The molecule has 0 aliphatic carbocycles. The molecule has 6 heteroatoms. The lowest BCUT2D eigenvalue weighted by Gasteiger charge is -2.07. The zero-order chi connectivity index (χ0) is 14.0. The summed E-state index contributed by atoms with van der Waals surface area (Å²) < 4.78 is 13.7. The Morgan fingerprint density at radius 2 is 1.79 bits per heavy atom. The van der Waals surface area contributed by atoms with Gasteiger partial charge in [-0.15, -0.1) is 0 Å². The minimum atomic E-state index is -1.19. The third kappa shape index (κ3) is 3.41. The van der Waals surface area contributed by atoms with Gasteiger partial charge in [-0.2, -0.15) is 0 Å². The van der Waals surface area contributed by atoms with E-state index in [4.69, 9.17) is 28.3 Å². The van der Waals surface area contributed by atoms with E-state index in [1.807, 2.05) is 0 Å². The first-order valence-electron chi connectivity index (χ1n) is 5.13. The van der Waals surface area contributed by atoms with Gasteiger partial charge in [0.25, 0.3) is 0 Å². The van der Waals surface area contributed by atoms with Crippen LogP contribution in [-0.2, 0) is 0 Å². The highest BCUT2D eigenvalue weighted by Gasteiger charge is 2.15. The van der Waals surface area contributed by atoms with Gasteiger partial charge < -0.3 is 5.11 Å². The molecule has 2 aromatic rings. The fourth-order valence-electron chi connectivity index (χ4n) is 1.49. The Hall–Kier alpha value is -1.23. The molecule has 2 rings (SSSR count). The lowest BCUT2D eigenvalue weighted by Crippen LogP contribution is -2.00. The fraction of sp³-hybridized carbons (Fsp3) is 0. The van der Waals surface area contributed by atoms with Crippen LogP contribution in [0.2, 0.25) is 10.0 Å². The zero-order valence-corrected chi connectivity index (χ0v) is 11.7. The average molecular weight is 317 g/mol. The molecule has 0 heterocycles. The van der Waals surface area contributed by atoms with Gasteiger partial charge in [0.2, 0.25) is 0 Å². The van der Waals surface area contributed by atoms with E-state index in [9.17, 15) is 9.18 Å². The number of rotatable bonds is 3. The largest absolute Gasteiger partial charge is 0.478 e. The molecule has 0 aromatic heterocycles. The van der Waals surface area contributed by atoms with Crippen molar-refractivity contribution in [2.45, 2.75) is 9.79 Å². The lowest BCUT2D eigenvalue weighted by molar-refractivity contribution is 0.0692. The van der Waals surface area contributed by atoms with E-state index in [1.54, 1.807) is 18.2 Å². The molecule has 0 aliphatic heterocycles. The van der Waals surface area contributed by atoms with Gasteiger partial charge in [-0.1, -0.05) is 41.0 Å². The van der Waals surface area contributed by atoms with Gasteiger partial charge in [-0.3, -0.25) is 0 Å². The molecule has 2 nitrogen and oxygen atoms in total. The van der Waals surface area contributed by atoms with Crippen LogP contribution in [0.1, 0.15) is 10.4 Å². The molecule has 0 aliphatic rings. The van der Waals surface area contributed by atoms with Crippen molar-refractivity contribution >= 4 is 40.9 Å². The Bertz CT molecular complexity index is 626. The van der Waals surface area contributed by atoms with E-state index in [1.165, 1.54) is 18.2 Å². The van der Waals surface area contributed by atoms with Gasteiger partial charge in [0, 0.05) is 14.9 Å². The van der Waals surface area contributed by atoms with Crippen LogP contribution in [-0.4, -0.2) is 11.1 Å². The second kappa shape index (κ2) is 5.82. The number of halogens is 3. The van der Waals surface area contributed by atoms with Crippen LogP contribution in [0.15, 0.2) is 46.2 Å². The molecule has 0 saturated heterocycles. The second-order valence-corrected chi connectivity index (χ2v) is 5.59. The van der Waals surface area contributed by atoms with Crippen molar-refractivity contribution in [2.75, 3.05) is 0 Å². The van der Waals surface area contributed by atoms with E-state index in [0.29, 0.717) is 14.9 Å². The number of hydrogen-bond acceptors (Lipinski definition) is 2. The number of carboxylic acids is 1. The maximum atomic E-state index is 13.7. The van der Waals surface area contributed by atoms with Crippen molar-refractivity contribution in [3.63, 3.8) is 0 Å². The number of aromatic carboxylic acids is 1. The summed E-state index contributed by atoms with van der Waals surface area (Å²) in [5, 5.41) is 9.86. The first-order chi connectivity index (χ1) is 8.97. The van der Waals surface area contributed by atoms with Crippen LogP contribution in [0.4, 0.5) is 4.39 Å². The summed E-state index contributed by atoms with van der Waals surface area (Å²) in [6.07, 6.45) is 0. The molecule has 0 radical (unpaired) electrons. The molecular weight excluding hydrogens is 310 g/mol. The summed E-state index contributed by atoms with van der Waals surface area (Å²) in [4.78, 5) is 11.7. The summed E-state index contributed by atoms with van der Waals surface area (Å²) in [6.45, 7) is 0. The normalized spacial score (nSPS) is 10.5. The monoisotopic (exact) mass is 316 g/mol. The summed E-state index contributed by atoms with van der Waals surface area (Å²) >= 11 is 12.7. The van der Waals surface area contributed by atoms with Crippen molar-refractivity contribution in [1.82, 2.24) is 0 Å². The minimum Gasteiger partial charge on any atom is -0.478 e. The highest BCUT2D eigenvalue weighted by Crippen LogP contribution is 2.35. The quantitative estimate of drug-likeness (QED) is 0.867. The van der Waals surface area contributed by atoms with Crippen LogP contribution in [0, 0.1) is 5.82 Å². The highest BCUT2D eigenvalue weighted by molar-refractivity contribution is 7.99. The molecule has 0 unspecified atom stereocenters. The van der Waals surface area contributed by atoms with E-state index in [-0.39, 0.29) is 10.5 Å². The van der Waals surface area contributed by atoms with Crippen molar-refractivity contribution in [2.24, 2.45) is 0 Å². The van der Waals surface area contributed by atoms with Crippen LogP contribution in [0.5, 0.6) is 0 Å². The molecule has 98 valence electrons. The predicted octanol–water partition coefficient (Wildman–Crippen LogP) is 4.98. The number of carbonyl (C=O) groups is 1. The van der Waals surface area contributed by atoms with Crippen LogP contribution in [0.3, 0.4) is 0 Å². The summed E-state index contributed by atoms with van der Waals surface area (Å²) in [7, 11) is 0. The van der Waals surface area contributed by atoms with Gasteiger partial charge in [0.1, 0.15) is 5.82 Å². The lowest BCUT2D eigenvalue weighted by atomic mass is 10.2. The van der Waals surface area contributed by atoms with E-state index in [0.717, 1.165) is 11.8 Å². The molecule has 2 aromatic carbocycles. The minimum absolute atomic E-state index is 0.0355. The Morgan fingerprint density at radius 3 is 2.37 bits per heavy atom. The van der Waals surface area contributed by atoms with Crippen LogP contribution < -0.4 is 0 Å². The van der Waals surface area contributed by atoms with Gasteiger partial charge >= 0.3 is 5.97 Å². The summed E-state index contributed by atoms with van der Waals surface area (Å²) in [5.41, 5.74) is -0.0962. The van der Waals surface area contributed by atoms with Gasteiger partial charge in [-0.25, -0.2) is 9.18 Å². The maximum Gasteiger partial charge on any atom is 0.336 e. The predicted molar refractivity (Wildman–Crippen MR) is 73.9 cm³/mol.